The van der Waals surface area contributed by atoms with Crippen molar-refractivity contribution < 1.29 is 9.59 Å². The summed E-state index contributed by atoms with van der Waals surface area (Å²) in [6, 6.07) is 19.4. The molecule has 3 rings (SSSR count). The molecule has 1 N–H and O–H groups in total. The van der Waals surface area contributed by atoms with Crippen LogP contribution in [-0.4, -0.2) is 29.3 Å². The lowest BCUT2D eigenvalue weighted by atomic mass is 10.0. The van der Waals surface area contributed by atoms with Crippen LogP contribution in [0.2, 0.25) is 0 Å². The third-order valence-electron chi connectivity index (χ3n) is 4.06. The topological polar surface area (TPSA) is 49.4 Å². The standard InChI is InChI=1S/C19H20N2O2/c22-18-14-21(13-16-9-5-2-6-10-16)19(23)17(20-18)12-11-15-7-3-1-4-8-15/h1-10,17H,11-14H2,(H,20,22). The van der Waals surface area contributed by atoms with Gasteiger partial charge in [0.15, 0.2) is 0 Å². The van der Waals surface area contributed by atoms with Crippen LogP contribution >= 0.6 is 0 Å². The molecule has 1 heterocycles. The van der Waals surface area contributed by atoms with Crippen molar-refractivity contribution in [1.29, 1.82) is 0 Å². The Hall–Kier alpha value is -2.62. The predicted molar refractivity (Wildman–Crippen MR) is 88.6 cm³/mol. The van der Waals surface area contributed by atoms with E-state index >= 15 is 0 Å². The second-order valence-electron chi connectivity index (χ2n) is 5.82. The normalized spacial score (nSPS) is 17.9. The van der Waals surface area contributed by atoms with Crippen LogP contribution in [0.5, 0.6) is 0 Å². The number of aryl methyl sites for hydroxylation is 1. The van der Waals surface area contributed by atoms with Crippen LogP contribution in [0.15, 0.2) is 60.7 Å². The van der Waals surface area contributed by atoms with E-state index in [1.165, 1.54) is 5.56 Å². The molecular formula is C19H20N2O2. The van der Waals surface area contributed by atoms with Crippen LogP contribution in [0, 0.1) is 0 Å². The van der Waals surface area contributed by atoms with E-state index in [1.54, 1.807) is 4.90 Å². The Morgan fingerprint density at radius 1 is 0.913 bits per heavy atom. The molecule has 0 saturated carbocycles. The highest BCUT2D eigenvalue weighted by molar-refractivity contribution is 5.94. The van der Waals surface area contributed by atoms with E-state index in [0.717, 1.165) is 12.0 Å². The summed E-state index contributed by atoms with van der Waals surface area (Å²) in [7, 11) is 0. The first-order chi connectivity index (χ1) is 11.2. The minimum Gasteiger partial charge on any atom is -0.343 e. The SMILES string of the molecule is O=C1CN(Cc2ccccc2)C(=O)C(CCc2ccccc2)N1. The van der Waals surface area contributed by atoms with Gasteiger partial charge in [0.05, 0.1) is 6.54 Å². The Bertz CT molecular complexity index is 670. The molecule has 0 radical (unpaired) electrons. The lowest BCUT2D eigenvalue weighted by Gasteiger charge is -2.32. The number of carbonyl (C=O) groups excluding carboxylic acids is 2. The maximum atomic E-state index is 12.6. The number of rotatable bonds is 5. The number of amides is 2. The molecule has 4 heteroatoms. The van der Waals surface area contributed by atoms with Crippen LogP contribution in [0.1, 0.15) is 17.5 Å². The number of hydrogen-bond acceptors (Lipinski definition) is 2. The molecule has 2 aromatic rings. The van der Waals surface area contributed by atoms with Gasteiger partial charge >= 0.3 is 0 Å². The van der Waals surface area contributed by atoms with Gasteiger partial charge in [-0.15, -0.1) is 0 Å². The number of benzene rings is 2. The number of nitrogens with zero attached hydrogens (tertiary/aromatic N) is 1. The molecule has 23 heavy (non-hydrogen) atoms. The van der Waals surface area contributed by atoms with Crippen molar-refractivity contribution in [3.8, 4) is 0 Å². The minimum absolute atomic E-state index is 0.00406. The van der Waals surface area contributed by atoms with Crippen LogP contribution in [0.3, 0.4) is 0 Å². The second-order valence-corrected chi connectivity index (χ2v) is 5.82. The summed E-state index contributed by atoms with van der Waals surface area (Å²) in [6.45, 7) is 0.616. The predicted octanol–water partition coefficient (Wildman–Crippen LogP) is 2.15. The third-order valence-corrected chi connectivity index (χ3v) is 4.06. The van der Waals surface area contributed by atoms with Gasteiger partial charge in [-0.1, -0.05) is 60.7 Å². The molecule has 1 aliphatic rings. The van der Waals surface area contributed by atoms with Crippen LogP contribution in [-0.2, 0) is 22.6 Å². The molecule has 2 amide bonds. The fourth-order valence-electron chi connectivity index (χ4n) is 2.86. The van der Waals surface area contributed by atoms with Gasteiger partial charge in [-0.25, -0.2) is 0 Å². The summed E-state index contributed by atoms with van der Waals surface area (Å²) in [4.78, 5) is 26.2. The molecule has 118 valence electrons. The minimum atomic E-state index is -0.430. The summed E-state index contributed by atoms with van der Waals surface area (Å²) >= 11 is 0. The van der Waals surface area contributed by atoms with Gasteiger partial charge < -0.3 is 10.2 Å². The number of nitrogens with one attached hydrogen (secondary N) is 1. The van der Waals surface area contributed by atoms with Crippen molar-refractivity contribution in [3.63, 3.8) is 0 Å². The summed E-state index contributed by atoms with van der Waals surface area (Å²) in [5.41, 5.74) is 2.21. The van der Waals surface area contributed by atoms with Gasteiger partial charge in [0, 0.05) is 6.54 Å². The Morgan fingerprint density at radius 3 is 2.17 bits per heavy atom. The zero-order valence-electron chi connectivity index (χ0n) is 12.9. The fraction of sp³-hybridized carbons (Fsp3) is 0.263. The number of hydrogen-bond donors (Lipinski definition) is 1. The maximum Gasteiger partial charge on any atom is 0.245 e. The lowest BCUT2D eigenvalue weighted by molar-refractivity contribution is -0.145. The van der Waals surface area contributed by atoms with Crippen molar-refractivity contribution in [2.45, 2.75) is 25.4 Å². The Morgan fingerprint density at radius 2 is 1.52 bits per heavy atom. The van der Waals surface area contributed by atoms with Gasteiger partial charge in [-0.2, -0.15) is 0 Å². The first kappa shape index (κ1) is 15.3. The summed E-state index contributed by atoms with van der Waals surface area (Å²) in [5.74, 6) is -0.0806. The largest absolute Gasteiger partial charge is 0.343 e. The number of carbonyl (C=O) groups is 2. The quantitative estimate of drug-likeness (QED) is 0.920. The zero-order valence-corrected chi connectivity index (χ0v) is 12.9. The molecule has 0 bridgehead atoms. The van der Waals surface area contributed by atoms with Crippen molar-refractivity contribution >= 4 is 11.8 Å². The van der Waals surface area contributed by atoms with Crippen molar-refractivity contribution in [2.75, 3.05) is 6.54 Å². The summed E-state index contributed by atoms with van der Waals surface area (Å²) < 4.78 is 0. The van der Waals surface area contributed by atoms with E-state index < -0.39 is 6.04 Å². The van der Waals surface area contributed by atoms with Crippen molar-refractivity contribution in [3.05, 3.63) is 71.8 Å². The van der Waals surface area contributed by atoms with Gasteiger partial charge in [0.2, 0.25) is 11.8 Å². The smallest absolute Gasteiger partial charge is 0.245 e. The fourth-order valence-corrected chi connectivity index (χ4v) is 2.86. The lowest BCUT2D eigenvalue weighted by Crippen LogP contribution is -2.57. The molecule has 2 aromatic carbocycles. The molecule has 1 aliphatic heterocycles. The van der Waals surface area contributed by atoms with Gasteiger partial charge in [0.25, 0.3) is 0 Å². The molecule has 1 unspecified atom stereocenters. The third kappa shape index (κ3) is 3.97. The Balaban J connectivity index is 1.64. The molecule has 4 nitrogen and oxygen atoms in total. The molecule has 0 spiro atoms. The summed E-state index contributed by atoms with van der Waals surface area (Å²) in [6.07, 6.45) is 1.40. The van der Waals surface area contributed by atoms with Crippen molar-refractivity contribution in [2.24, 2.45) is 0 Å². The first-order valence-corrected chi connectivity index (χ1v) is 7.88. The van der Waals surface area contributed by atoms with Gasteiger partial charge in [-0.05, 0) is 24.0 Å². The van der Waals surface area contributed by atoms with Crippen LogP contribution < -0.4 is 5.32 Å². The number of piperazine rings is 1. The maximum absolute atomic E-state index is 12.6. The monoisotopic (exact) mass is 308 g/mol. The average Bonchev–Trinajstić information content (AvgIpc) is 2.58. The Kier molecular flexibility index (Phi) is 4.71. The highest BCUT2D eigenvalue weighted by Gasteiger charge is 2.32. The van der Waals surface area contributed by atoms with E-state index in [9.17, 15) is 9.59 Å². The molecule has 0 aromatic heterocycles. The van der Waals surface area contributed by atoms with E-state index in [2.05, 4.69) is 5.32 Å². The van der Waals surface area contributed by atoms with E-state index in [-0.39, 0.29) is 18.4 Å². The first-order valence-electron chi connectivity index (χ1n) is 7.88. The van der Waals surface area contributed by atoms with Crippen molar-refractivity contribution in [1.82, 2.24) is 10.2 Å². The average molecular weight is 308 g/mol. The molecular weight excluding hydrogens is 288 g/mol. The van der Waals surface area contributed by atoms with Gasteiger partial charge in [0.1, 0.15) is 6.04 Å². The molecule has 0 aliphatic carbocycles. The molecule has 1 fully saturated rings. The van der Waals surface area contributed by atoms with E-state index in [4.69, 9.17) is 0 Å². The Labute approximate surface area is 136 Å². The highest BCUT2D eigenvalue weighted by Crippen LogP contribution is 2.13. The van der Waals surface area contributed by atoms with Crippen LogP contribution in [0.4, 0.5) is 0 Å². The van der Waals surface area contributed by atoms with E-state index in [0.29, 0.717) is 13.0 Å². The van der Waals surface area contributed by atoms with Gasteiger partial charge in [-0.3, -0.25) is 9.59 Å². The highest BCUT2D eigenvalue weighted by atomic mass is 16.2. The zero-order chi connectivity index (χ0) is 16.1. The van der Waals surface area contributed by atoms with Crippen LogP contribution in [0.25, 0.3) is 0 Å². The molecule has 1 atom stereocenters. The second kappa shape index (κ2) is 7.09. The molecule has 1 saturated heterocycles. The summed E-state index contributed by atoms with van der Waals surface area (Å²) in [5, 5.41) is 2.82. The van der Waals surface area contributed by atoms with E-state index in [1.807, 2.05) is 60.7 Å².